The summed E-state index contributed by atoms with van der Waals surface area (Å²) in [7, 11) is 0. The molecule has 9 heteroatoms. The highest BCUT2D eigenvalue weighted by Gasteiger charge is 2.23. The number of aryl methyl sites for hydroxylation is 1. The molecule has 3 amide bonds. The van der Waals surface area contributed by atoms with E-state index in [0.29, 0.717) is 34.0 Å². The second kappa shape index (κ2) is 9.85. The lowest BCUT2D eigenvalue weighted by Gasteiger charge is -2.22. The van der Waals surface area contributed by atoms with Crippen molar-refractivity contribution in [1.29, 1.82) is 0 Å². The van der Waals surface area contributed by atoms with Crippen molar-refractivity contribution < 1.29 is 9.59 Å². The summed E-state index contributed by atoms with van der Waals surface area (Å²) in [4.78, 5) is 31.9. The number of carbonyl (C=O) groups is 2. The number of nitrogens with one attached hydrogen (secondary N) is 3. The van der Waals surface area contributed by atoms with Gasteiger partial charge in [0.2, 0.25) is 0 Å². The number of para-hydroxylation sites is 1. The second-order valence-corrected chi connectivity index (χ2v) is 9.28. The van der Waals surface area contributed by atoms with Gasteiger partial charge in [-0.3, -0.25) is 15.0 Å². The van der Waals surface area contributed by atoms with Crippen molar-refractivity contribution in [3.63, 3.8) is 0 Å². The number of halogens is 1. The highest BCUT2D eigenvalue weighted by atomic mass is 35.5. The number of amides is 3. The zero-order chi connectivity index (χ0) is 22.7. The Hall–Kier alpha value is -2.68. The van der Waals surface area contributed by atoms with E-state index in [1.807, 2.05) is 19.1 Å². The Morgan fingerprint density at radius 1 is 1.25 bits per heavy atom. The molecule has 0 saturated carbocycles. The number of rotatable bonds is 6. The molecular weight excluding hydrogens is 446 g/mol. The predicted octanol–water partition coefficient (Wildman–Crippen LogP) is 5.12. The number of carbonyl (C=O) groups excluding carboxylic acids is 2. The number of urea groups is 1. The van der Waals surface area contributed by atoms with Gasteiger partial charge < -0.3 is 10.6 Å². The van der Waals surface area contributed by atoms with Crippen LogP contribution in [0.3, 0.4) is 0 Å². The van der Waals surface area contributed by atoms with Crippen molar-refractivity contribution in [3.05, 3.63) is 52.5 Å². The van der Waals surface area contributed by atoms with Crippen LogP contribution in [0.15, 0.2) is 36.4 Å². The summed E-state index contributed by atoms with van der Waals surface area (Å²) in [6.45, 7) is 6.75. The fraction of sp³-hybridized carbons (Fsp3) is 0.348. The van der Waals surface area contributed by atoms with Crippen molar-refractivity contribution in [3.8, 4) is 0 Å². The summed E-state index contributed by atoms with van der Waals surface area (Å²) in [6.07, 6.45) is 2.28. The molecular formula is C23H26ClN5O2S. The molecule has 0 bridgehead atoms. The van der Waals surface area contributed by atoms with Gasteiger partial charge in [-0.05, 0) is 62.7 Å². The van der Waals surface area contributed by atoms with Crippen molar-refractivity contribution in [2.24, 2.45) is 0 Å². The second-order valence-electron chi connectivity index (χ2n) is 7.85. The third-order valence-electron chi connectivity index (χ3n) is 5.74. The van der Waals surface area contributed by atoms with Crippen LogP contribution in [0, 0.1) is 6.92 Å². The average molecular weight is 472 g/mol. The van der Waals surface area contributed by atoms with Crippen molar-refractivity contribution in [2.45, 2.75) is 32.7 Å². The molecule has 3 N–H and O–H groups in total. The van der Waals surface area contributed by atoms with Crippen molar-refractivity contribution in [1.82, 2.24) is 15.2 Å². The van der Waals surface area contributed by atoms with Gasteiger partial charge in [0.15, 0.2) is 5.13 Å². The van der Waals surface area contributed by atoms with Crippen LogP contribution in [0.2, 0.25) is 5.02 Å². The number of fused-ring (bicyclic) bond motifs is 1. The highest BCUT2D eigenvalue weighted by molar-refractivity contribution is 7.22. The zero-order valence-corrected chi connectivity index (χ0v) is 19.6. The van der Waals surface area contributed by atoms with Gasteiger partial charge in [-0.2, -0.15) is 0 Å². The van der Waals surface area contributed by atoms with E-state index in [-0.39, 0.29) is 11.9 Å². The maximum atomic E-state index is 12.7. The molecule has 0 radical (unpaired) electrons. The van der Waals surface area contributed by atoms with Gasteiger partial charge in [0.25, 0.3) is 5.91 Å². The molecule has 1 unspecified atom stereocenters. The van der Waals surface area contributed by atoms with Crippen LogP contribution >= 0.6 is 22.9 Å². The zero-order valence-electron chi connectivity index (χ0n) is 18.1. The summed E-state index contributed by atoms with van der Waals surface area (Å²) in [5, 5.41) is 9.63. The Balaban J connectivity index is 1.40. The number of thiazole rings is 1. The Morgan fingerprint density at radius 3 is 2.88 bits per heavy atom. The minimum absolute atomic E-state index is 0.249. The first-order valence-electron chi connectivity index (χ1n) is 10.7. The Morgan fingerprint density at radius 2 is 2.09 bits per heavy atom. The topological polar surface area (TPSA) is 86.4 Å². The average Bonchev–Trinajstić information content (AvgIpc) is 3.39. The standard InChI is InChI=1S/C23H26ClN5O2S/c1-3-29-11-5-7-16(29)13-25-22(31)28-23-26-18-10-9-15(12-19(18)32-23)21(30)27-20-14(2)6-4-8-17(20)24/h4,6,8-10,12,16H,3,5,7,11,13H2,1-2H3,(H,27,30)(H2,25,26,28,31). The van der Waals surface area contributed by atoms with Crippen LogP contribution in [0.25, 0.3) is 10.2 Å². The first-order valence-corrected chi connectivity index (χ1v) is 11.9. The van der Waals surface area contributed by atoms with E-state index >= 15 is 0 Å². The number of hydrogen-bond donors (Lipinski definition) is 3. The van der Waals surface area contributed by atoms with Crippen molar-refractivity contribution in [2.75, 3.05) is 30.3 Å². The molecule has 1 aromatic heterocycles. The minimum atomic E-state index is -0.265. The molecule has 1 fully saturated rings. The van der Waals surface area contributed by atoms with E-state index in [0.717, 1.165) is 35.3 Å². The molecule has 4 rings (SSSR count). The Labute approximate surface area is 196 Å². The summed E-state index contributed by atoms with van der Waals surface area (Å²) in [5.74, 6) is -0.249. The lowest BCUT2D eigenvalue weighted by molar-refractivity contribution is 0.102. The molecule has 1 aliphatic heterocycles. The molecule has 2 aromatic carbocycles. The smallest absolute Gasteiger partial charge is 0.321 e. The first kappa shape index (κ1) is 22.5. The lowest BCUT2D eigenvalue weighted by Crippen LogP contribution is -2.41. The van der Waals surface area contributed by atoms with Gasteiger partial charge in [-0.15, -0.1) is 0 Å². The van der Waals surface area contributed by atoms with Gasteiger partial charge >= 0.3 is 6.03 Å². The molecule has 0 spiro atoms. The number of aromatic nitrogens is 1. The number of likely N-dealkylation sites (tertiary alicyclic amines) is 1. The number of benzene rings is 2. The number of nitrogens with zero attached hydrogens (tertiary/aromatic N) is 2. The van der Waals surface area contributed by atoms with Crippen LogP contribution < -0.4 is 16.0 Å². The van der Waals surface area contributed by atoms with E-state index in [4.69, 9.17) is 11.6 Å². The quantitative estimate of drug-likeness (QED) is 0.466. The van der Waals surface area contributed by atoms with Gasteiger partial charge in [-0.25, -0.2) is 9.78 Å². The van der Waals surface area contributed by atoms with Gasteiger partial charge in [0, 0.05) is 18.2 Å². The molecule has 3 aromatic rings. The van der Waals surface area contributed by atoms with E-state index in [9.17, 15) is 9.59 Å². The Kier molecular flexibility index (Phi) is 6.93. The predicted molar refractivity (Wildman–Crippen MR) is 131 cm³/mol. The Bertz CT molecular complexity index is 1130. The minimum Gasteiger partial charge on any atom is -0.336 e. The van der Waals surface area contributed by atoms with E-state index in [1.165, 1.54) is 17.8 Å². The molecule has 168 valence electrons. The normalized spacial score (nSPS) is 16.3. The highest BCUT2D eigenvalue weighted by Crippen LogP contribution is 2.29. The molecule has 1 atom stereocenters. The SMILES string of the molecule is CCN1CCCC1CNC(=O)Nc1nc2ccc(C(=O)Nc3c(C)cccc3Cl)cc2s1. The van der Waals surface area contributed by atoms with Gasteiger partial charge in [0.05, 0.1) is 20.9 Å². The third-order valence-corrected chi connectivity index (χ3v) is 6.98. The molecule has 0 aliphatic carbocycles. The lowest BCUT2D eigenvalue weighted by atomic mass is 10.1. The largest absolute Gasteiger partial charge is 0.336 e. The van der Waals surface area contributed by atoms with Gasteiger partial charge in [0.1, 0.15) is 0 Å². The number of anilines is 2. The summed E-state index contributed by atoms with van der Waals surface area (Å²) in [5.41, 5.74) is 2.72. The maximum absolute atomic E-state index is 12.7. The molecule has 32 heavy (non-hydrogen) atoms. The fourth-order valence-electron chi connectivity index (χ4n) is 3.99. The molecule has 7 nitrogen and oxygen atoms in total. The summed E-state index contributed by atoms with van der Waals surface area (Å²) >= 11 is 7.55. The monoisotopic (exact) mass is 471 g/mol. The maximum Gasteiger partial charge on any atom is 0.321 e. The third kappa shape index (κ3) is 5.03. The molecule has 1 aliphatic rings. The number of hydrogen-bond acceptors (Lipinski definition) is 5. The fourth-order valence-corrected chi connectivity index (χ4v) is 5.16. The summed E-state index contributed by atoms with van der Waals surface area (Å²) in [6, 6.07) is 10.9. The van der Waals surface area contributed by atoms with Gasteiger partial charge in [-0.1, -0.05) is 42.0 Å². The van der Waals surface area contributed by atoms with Crippen LogP contribution in [0.1, 0.15) is 35.7 Å². The van der Waals surface area contributed by atoms with Crippen LogP contribution in [-0.2, 0) is 0 Å². The van der Waals surface area contributed by atoms with E-state index in [2.05, 4.69) is 32.8 Å². The van der Waals surface area contributed by atoms with Crippen LogP contribution in [-0.4, -0.2) is 47.5 Å². The molecule has 2 heterocycles. The number of likely N-dealkylation sites (N-methyl/N-ethyl adjacent to an activating group) is 1. The van der Waals surface area contributed by atoms with E-state index in [1.54, 1.807) is 24.3 Å². The molecule has 1 saturated heterocycles. The van der Waals surface area contributed by atoms with Crippen LogP contribution in [0.4, 0.5) is 15.6 Å². The van der Waals surface area contributed by atoms with Crippen LogP contribution in [0.5, 0.6) is 0 Å². The van der Waals surface area contributed by atoms with E-state index < -0.39 is 0 Å². The van der Waals surface area contributed by atoms with Crippen molar-refractivity contribution >= 4 is 55.9 Å². The summed E-state index contributed by atoms with van der Waals surface area (Å²) < 4.78 is 0.816. The first-order chi connectivity index (χ1) is 15.4.